The van der Waals surface area contributed by atoms with E-state index >= 15 is 0 Å². The first-order valence-electron chi connectivity index (χ1n) is 34.0. The van der Waals surface area contributed by atoms with E-state index in [2.05, 4.69) is 55.6 Å². The van der Waals surface area contributed by atoms with Crippen molar-refractivity contribution in [3.05, 3.63) is 48.6 Å². The van der Waals surface area contributed by atoms with Crippen LogP contribution in [0.4, 0.5) is 0 Å². The van der Waals surface area contributed by atoms with Crippen LogP contribution >= 0.6 is 0 Å². The SMILES string of the molecule is CCCCCCCC/C=C/CC/C=C/CC/C=C/C(O)C(COC1OC(CO)C(O)C(O)C1O)NC(=O)C(O)CCCCCCCCCCCCCCCCCC/C=C\CCCCCCCCCCCCCCCCCCCC. The maximum absolute atomic E-state index is 13.2. The third-order valence-corrected chi connectivity index (χ3v) is 16.2. The molecular weight excluding hydrogens is 987 g/mol. The van der Waals surface area contributed by atoms with Crippen LogP contribution in [0.2, 0.25) is 0 Å². The van der Waals surface area contributed by atoms with Crippen molar-refractivity contribution in [1.29, 1.82) is 0 Å². The molecule has 0 aliphatic carbocycles. The molecule has 8 atom stereocenters. The first kappa shape index (κ1) is 75.1. The summed E-state index contributed by atoms with van der Waals surface area (Å²) in [5.74, 6) is -0.627. The first-order chi connectivity index (χ1) is 38.8. The number of allylic oxidation sites excluding steroid dienone is 7. The second-order valence-corrected chi connectivity index (χ2v) is 23.7. The van der Waals surface area contributed by atoms with Crippen LogP contribution < -0.4 is 5.32 Å². The minimum atomic E-state index is -1.62. The van der Waals surface area contributed by atoms with Gasteiger partial charge in [-0.1, -0.05) is 300 Å². The Morgan fingerprint density at radius 3 is 1.10 bits per heavy atom. The number of amides is 1. The Bertz CT molecular complexity index is 1400. The molecule has 0 bridgehead atoms. The van der Waals surface area contributed by atoms with E-state index in [1.54, 1.807) is 6.08 Å². The predicted molar refractivity (Wildman–Crippen MR) is 333 cm³/mol. The fraction of sp³-hybridized carbons (Fsp3) is 0.870. The maximum atomic E-state index is 13.2. The summed E-state index contributed by atoms with van der Waals surface area (Å²) in [6, 6.07) is -1.00. The van der Waals surface area contributed by atoms with Crippen molar-refractivity contribution in [2.45, 2.75) is 371 Å². The highest BCUT2D eigenvalue weighted by Gasteiger charge is 2.44. The molecule has 1 saturated heterocycles. The van der Waals surface area contributed by atoms with Crippen molar-refractivity contribution in [3.63, 3.8) is 0 Å². The molecule has 8 unspecified atom stereocenters. The van der Waals surface area contributed by atoms with Crippen LogP contribution in [0.5, 0.6) is 0 Å². The molecule has 0 aromatic carbocycles. The summed E-state index contributed by atoms with van der Waals surface area (Å²) in [4.78, 5) is 13.2. The molecule has 79 heavy (non-hydrogen) atoms. The lowest BCUT2D eigenvalue weighted by Gasteiger charge is -2.40. The lowest BCUT2D eigenvalue weighted by Crippen LogP contribution is -2.60. The predicted octanol–water partition coefficient (Wildman–Crippen LogP) is 17.0. The smallest absolute Gasteiger partial charge is 0.249 e. The van der Waals surface area contributed by atoms with Crippen LogP contribution in [0.1, 0.15) is 322 Å². The van der Waals surface area contributed by atoms with Crippen molar-refractivity contribution in [1.82, 2.24) is 5.32 Å². The zero-order valence-electron chi connectivity index (χ0n) is 51.5. The molecular formula is C69H129NO9. The molecule has 7 N–H and O–H groups in total. The van der Waals surface area contributed by atoms with Crippen LogP contribution in [-0.4, -0.2) is 98.7 Å². The summed E-state index contributed by atoms with van der Waals surface area (Å²) in [6.07, 6.45) is 68.4. The lowest BCUT2D eigenvalue weighted by atomic mass is 9.99. The fourth-order valence-corrected chi connectivity index (χ4v) is 10.8. The molecule has 10 nitrogen and oxygen atoms in total. The van der Waals surface area contributed by atoms with Crippen molar-refractivity contribution in [3.8, 4) is 0 Å². The Kier molecular flexibility index (Phi) is 55.1. The van der Waals surface area contributed by atoms with Gasteiger partial charge in [0.05, 0.1) is 25.4 Å². The van der Waals surface area contributed by atoms with Crippen LogP contribution in [-0.2, 0) is 14.3 Å². The van der Waals surface area contributed by atoms with Crippen LogP contribution in [0, 0.1) is 0 Å². The molecule has 0 spiro atoms. The highest BCUT2D eigenvalue weighted by Crippen LogP contribution is 2.23. The molecule has 1 amide bonds. The van der Waals surface area contributed by atoms with Crippen LogP contribution in [0.25, 0.3) is 0 Å². The monoisotopic (exact) mass is 1120 g/mol. The third kappa shape index (κ3) is 46.2. The number of aliphatic hydroxyl groups excluding tert-OH is 6. The molecule has 464 valence electrons. The maximum Gasteiger partial charge on any atom is 0.249 e. The molecule has 1 aliphatic rings. The van der Waals surface area contributed by atoms with Gasteiger partial charge in [0.25, 0.3) is 0 Å². The van der Waals surface area contributed by atoms with E-state index in [-0.39, 0.29) is 6.61 Å². The van der Waals surface area contributed by atoms with E-state index in [0.29, 0.717) is 19.3 Å². The van der Waals surface area contributed by atoms with E-state index in [0.717, 1.165) is 44.9 Å². The largest absolute Gasteiger partial charge is 0.394 e. The lowest BCUT2D eigenvalue weighted by molar-refractivity contribution is -0.302. The van der Waals surface area contributed by atoms with E-state index in [1.807, 2.05) is 6.08 Å². The van der Waals surface area contributed by atoms with Gasteiger partial charge in [-0.2, -0.15) is 0 Å². The summed E-state index contributed by atoms with van der Waals surface area (Å²) in [5, 5.41) is 65.1. The Balaban J connectivity index is 2.10. The van der Waals surface area contributed by atoms with Crippen LogP contribution in [0.3, 0.4) is 0 Å². The Morgan fingerprint density at radius 2 is 0.747 bits per heavy atom. The van der Waals surface area contributed by atoms with Gasteiger partial charge in [0, 0.05) is 0 Å². The number of nitrogens with one attached hydrogen (secondary N) is 1. The molecule has 0 radical (unpaired) electrons. The van der Waals surface area contributed by atoms with Gasteiger partial charge in [0.2, 0.25) is 5.91 Å². The molecule has 1 heterocycles. The number of rotatable bonds is 59. The molecule has 1 aliphatic heterocycles. The number of hydrogen-bond acceptors (Lipinski definition) is 9. The molecule has 1 rings (SSSR count). The Labute approximate surface area is 486 Å². The number of unbranched alkanes of at least 4 members (excludes halogenated alkanes) is 42. The fourth-order valence-electron chi connectivity index (χ4n) is 10.8. The van der Waals surface area contributed by atoms with E-state index in [4.69, 9.17) is 9.47 Å². The first-order valence-corrected chi connectivity index (χ1v) is 34.0. The Hall–Kier alpha value is -1.89. The molecule has 0 aromatic rings. The summed E-state index contributed by atoms with van der Waals surface area (Å²) < 4.78 is 11.2. The van der Waals surface area contributed by atoms with Gasteiger partial charge in [-0.3, -0.25) is 4.79 Å². The van der Waals surface area contributed by atoms with Gasteiger partial charge in [-0.05, 0) is 70.6 Å². The quantitative estimate of drug-likeness (QED) is 0.0232. The Morgan fingerprint density at radius 1 is 0.430 bits per heavy atom. The molecule has 10 heteroatoms. The second kappa shape index (κ2) is 57.9. The average Bonchev–Trinajstić information content (AvgIpc) is 3.45. The van der Waals surface area contributed by atoms with E-state index < -0.39 is 61.5 Å². The summed E-state index contributed by atoms with van der Waals surface area (Å²) in [6.45, 7) is 3.61. The zero-order valence-corrected chi connectivity index (χ0v) is 51.5. The summed E-state index contributed by atoms with van der Waals surface area (Å²) in [7, 11) is 0. The highest BCUT2D eigenvalue weighted by molar-refractivity contribution is 5.80. The van der Waals surface area contributed by atoms with Gasteiger partial charge in [0.1, 0.15) is 30.5 Å². The molecule has 0 aromatic heterocycles. The van der Waals surface area contributed by atoms with Crippen LogP contribution in [0.15, 0.2) is 48.6 Å². The molecule has 1 fully saturated rings. The van der Waals surface area contributed by atoms with Gasteiger partial charge >= 0.3 is 0 Å². The van der Waals surface area contributed by atoms with Gasteiger partial charge < -0.3 is 45.4 Å². The number of hydrogen-bond donors (Lipinski definition) is 7. The van der Waals surface area contributed by atoms with Gasteiger partial charge in [0.15, 0.2) is 6.29 Å². The van der Waals surface area contributed by atoms with Crippen molar-refractivity contribution >= 4 is 5.91 Å². The highest BCUT2D eigenvalue weighted by atomic mass is 16.7. The van der Waals surface area contributed by atoms with Gasteiger partial charge in [-0.25, -0.2) is 0 Å². The minimum absolute atomic E-state index is 0.302. The second-order valence-electron chi connectivity index (χ2n) is 23.7. The van der Waals surface area contributed by atoms with Crippen molar-refractivity contribution in [2.24, 2.45) is 0 Å². The number of aliphatic hydroxyl groups is 6. The van der Waals surface area contributed by atoms with Gasteiger partial charge in [-0.15, -0.1) is 0 Å². The van der Waals surface area contributed by atoms with Crippen molar-refractivity contribution < 1.29 is 44.9 Å². The standard InChI is InChI=1S/C69H129NO9/c1-3-5-7-9-11-13-15-17-19-21-22-23-24-25-26-27-28-29-30-31-32-33-34-35-36-37-38-39-40-41-42-44-46-48-50-52-54-56-58-63(73)68(77)70-61(60-78-69-67(76)66(75)65(74)64(59-71)79-69)62(72)57-55-53-51-49-47-45-43-20-18-16-14-12-10-8-6-4-2/h18,20,31-32,47,49,55,57,61-67,69,71-76H,3-17,19,21-30,33-46,48,50-54,56,58-60H2,1-2H3,(H,70,77)/b20-18+,32-31-,49-47+,57-55+. The number of carbonyl (C=O) groups excluding carboxylic acids is 1. The summed E-state index contributed by atoms with van der Waals surface area (Å²) >= 11 is 0. The number of ether oxygens (including phenoxy) is 2. The number of carbonyl (C=O) groups is 1. The summed E-state index contributed by atoms with van der Waals surface area (Å²) in [5.41, 5.74) is 0. The normalized spacial score (nSPS) is 19.2. The zero-order chi connectivity index (χ0) is 57.3. The van der Waals surface area contributed by atoms with Crippen molar-refractivity contribution in [2.75, 3.05) is 13.2 Å². The van der Waals surface area contributed by atoms with E-state index in [9.17, 15) is 35.4 Å². The van der Waals surface area contributed by atoms with E-state index in [1.165, 1.54) is 244 Å². The minimum Gasteiger partial charge on any atom is -0.394 e. The third-order valence-electron chi connectivity index (χ3n) is 16.2. The average molecular weight is 1120 g/mol. The topological polar surface area (TPSA) is 169 Å². The molecule has 0 saturated carbocycles.